The van der Waals surface area contributed by atoms with Crippen LogP contribution in [0, 0.1) is 0 Å². The van der Waals surface area contributed by atoms with E-state index in [9.17, 15) is 0 Å². The number of hydrogen-bond donors (Lipinski definition) is 2. The molecule has 2 N–H and O–H groups in total. The zero-order valence-corrected chi connectivity index (χ0v) is 18.2. The summed E-state index contributed by atoms with van der Waals surface area (Å²) in [5.74, 6) is 2.28. The zero-order chi connectivity index (χ0) is 18.2. The van der Waals surface area contributed by atoms with Gasteiger partial charge in [0.15, 0.2) is 5.96 Å². The van der Waals surface area contributed by atoms with Crippen molar-refractivity contribution in [3.05, 3.63) is 36.0 Å². The van der Waals surface area contributed by atoms with E-state index in [1.807, 2.05) is 26.1 Å². The summed E-state index contributed by atoms with van der Waals surface area (Å²) in [7, 11) is 1.87. The van der Waals surface area contributed by atoms with Crippen molar-refractivity contribution in [1.82, 2.24) is 30.4 Å². The molecule has 0 saturated heterocycles. The fraction of sp³-hybridized carbons (Fsp3) is 0.556. The lowest BCUT2D eigenvalue weighted by Crippen LogP contribution is -2.37. The molecule has 1 aliphatic rings. The highest BCUT2D eigenvalue weighted by Crippen LogP contribution is 2.25. The van der Waals surface area contributed by atoms with Gasteiger partial charge in [-0.3, -0.25) is 4.68 Å². The number of ether oxygens (including phenoxy) is 1. The average molecular weight is 485 g/mol. The number of aliphatic imine (C=N–C) groups is 1. The molecule has 0 spiro atoms. The Kier molecular flexibility index (Phi) is 8.76. The summed E-state index contributed by atoms with van der Waals surface area (Å²) in [6.45, 7) is 3.88. The second-order valence-electron chi connectivity index (χ2n) is 6.34. The number of halogens is 1. The van der Waals surface area contributed by atoms with Gasteiger partial charge in [0.05, 0.1) is 13.1 Å². The van der Waals surface area contributed by atoms with Crippen molar-refractivity contribution in [1.29, 1.82) is 0 Å². The van der Waals surface area contributed by atoms with E-state index in [1.54, 1.807) is 17.2 Å². The number of nitrogens with zero attached hydrogens (tertiary/aromatic N) is 5. The summed E-state index contributed by atoms with van der Waals surface area (Å²) in [5, 5.41) is 10.6. The molecule has 1 saturated carbocycles. The molecule has 2 aromatic rings. The predicted molar refractivity (Wildman–Crippen MR) is 115 cm³/mol. The Balaban J connectivity index is 0.00000261. The molecule has 0 aliphatic heterocycles. The number of hydrogen-bond acceptors (Lipinski definition) is 5. The second-order valence-corrected chi connectivity index (χ2v) is 6.34. The van der Waals surface area contributed by atoms with Crippen LogP contribution in [0.2, 0.25) is 0 Å². The van der Waals surface area contributed by atoms with E-state index in [4.69, 9.17) is 4.74 Å². The molecule has 0 atom stereocenters. The number of rotatable bonds is 7. The van der Waals surface area contributed by atoms with Gasteiger partial charge in [0.2, 0.25) is 5.88 Å². The van der Waals surface area contributed by atoms with Crippen molar-refractivity contribution >= 4 is 29.9 Å². The third kappa shape index (κ3) is 6.33. The number of pyridine rings is 1. The van der Waals surface area contributed by atoms with Crippen molar-refractivity contribution in [2.75, 3.05) is 6.54 Å². The maximum absolute atomic E-state index is 6.09. The van der Waals surface area contributed by atoms with Gasteiger partial charge in [-0.05, 0) is 38.7 Å². The van der Waals surface area contributed by atoms with Crippen molar-refractivity contribution in [2.45, 2.75) is 51.8 Å². The summed E-state index contributed by atoms with van der Waals surface area (Å²) in [6.07, 6.45) is 8.30. The molecule has 0 aromatic carbocycles. The summed E-state index contributed by atoms with van der Waals surface area (Å²) < 4.78 is 7.83. The number of aromatic nitrogens is 4. The lowest BCUT2D eigenvalue weighted by Gasteiger charge is -2.15. The van der Waals surface area contributed by atoms with Crippen LogP contribution in [0.25, 0.3) is 0 Å². The third-order valence-corrected chi connectivity index (χ3v) is 4.40. The second kappa shape index (κ2) is 11.1. The fourth-order valence-electron chi connectivity index (χ4n) is 2.96. The Morgan fingerprint density at radius 2 is 2.11 bits per heavy atom. The summed E-state index contributed by atoms with van der Waals surface area (Å²) in [5.41, 5.74) is 0.996. The molecule has 2 heterocycles. The van der Waals surface area contributed by atoms with E-state index in [1.165, 1.54) is 12.8 Å². The Hall–Kier alpha value is -1.91. The van der Waals surface area contributed by atoms with Gasteiger partial charge in [-0.15, -0.1) is 24.0 Å². The largest absolute Gasteiger partial charge is 0.474 e. The van der Waals surface area contributed by atoms with Crippen LogP contribution in [0.1, 0.15) is 44.0 Å². The minimum Gasteiger partial charge on any atom is -0.474 e. The lowest BCUT2D eigenvalue weighted by molar-refractivity contribution is 0.199. The van der Waals surface area contributed by atoms with Crippen LogP contribution < -0.4 is 15.4 Å². The van der Waals surface area contributed by atoms with Crippen molar-refractivity contribution in [3.63, 3.8) is 0 Å². The molecule has 27 heavy (non-hydrogen) atoms. The molecular formula is C18H28IN7O. The first-order chi connectivity index (χ1) is 12.8. The van der Waals surface area contributed by atoms with Crippen molar-refractivity contribution in [2.24, 2.45) is 12.0 Å². The topological polar surface area (TPSA) is 89.2 Å². The highest BCUT2D eigenvalue weighted by molar-refractivity contribution is 14.0. The van der Waals surface area contributed by atoms with Crippen LogP contribution in [0.15, 0.2) is 29.6 Å². The summed E-state index contributed by atoms with van der Waals surface area (Å²) >= 11 is 0. The minimum absolute atomic E-state index is 0. The monoisotopic (exact) mass is 485 g/mol. The molecule has 148 valence electrons. The van der Waals surface area contributed by atoms with Gasteiger partial charge < -0.3 is 15.4 Å². The van der Waals surface area contributed by atoms with Gasteiger partial charge in [-0.1, -0.05) is 6.07 Å². The van der Waals surface area contributed by atoms with Crippen LogP contribution in [-0.4, -0.2) is 38.4 Å². The minimum atomic E-state index is 0. The van der Waals surface area contributed by atoms with Gasteiger partial charge >= 0.3 is 0 Å². The Labute approximate surface area is 177 Å². The average Bonchev–Trinajstić information content (AvgIpc) is 3.30. The van der Waals surface area contributed by atoms with E-state index < -0.39 is 0 Å². The number of nitrogens with one attached hydrogen (secondary N) is 2. The normalized spacial score (nSPS) is 14.7. The quantitative estimate of drug-likeness (QED) is 0.356. The molecule has 1 aliphatic carbocycles. The number of aryl methyl sites for hydroxylation is 1. The first-order valence-electron chi connectivity index (χ1n) is 9.22. The van der Waals surface area contributed by atoms with Crippen LogP contribution >= 0.6 is 24.0 Å². The smallest absolute Gasteiger partial charge is 0.218 e. The van der Waals surface area contributed by atoms with Crippen molar-refractivity contribution in [3.8, 4) is 5.88 Å². The standard InChI is InChI=1S/C18H27N7O.HI/c1-3-19-18(22-12-16-23-13-24-25(16)2)21-11-14-7-6-10-20-17(14)26-15-8-4-5-9-15;/h6-7,10,13,15H,3-5,8-9,11-12H2,1-2H3,(H2,19,21,22);1H. The van der Waals surface area contributed by atoms with Crippen LogP contribution in [0.4, 0.5) is 0 Å². The maximum Gasteiger partial charge on any atom is 0.218 e. The van der Waals surface area contributed by atoms with Gasteiger partial charge in [-0.25, -0.2) is 15.0 Å². The highest BCUT2D eigenvalue weighted by atomic mass is 127. The number of guanidine groups is 1. The van der Waals surface area contributed by atoms with Crippen LogP contribution in [0.5, 0.6) is 5.88 Å². The molecule has 8 nitrogen and oxygen atoms in total. The SMILES string of the molecule is CCNC(=NCc1cccnc1OC1CCCC1)NCc1ncnn1C.I. The Morgan fingerprint density at radius 3 is 2.81 bits per heavy atom. The summed E-state index contributed by atoms with van der Waals surface area (Å²) in [4.78, 5) is 13.3. The molecule has 0 radical (unpaired) electrons. The van der Waals surface area contributed by atoms with E-state index >= 15 is 0 Å². The van der Waals surface area contributed by atoms with E-state index in [0.717, 1.165) is 36.7 Å². The van der Waals surface area contributed by atoms with Gasteiger partial charge in [0.1, 0.15) is 18.3 Å². The van der Waals surface area contributed by atoms with E-state index in [-0.39, 0.29) is 30.1 Å². The highest BCUT2D eigenvalue weighted by Gasteiger charge is 2.18. The lowest BCUT2D eigenvalue weighted by atomic mass is 10.2. The Bertz CT molecular complexity index is 728. The molecule has 9 heteroatoms. The molecule has 0 unspecified atom stereocenters. The summed E-state index contributed by atoms with van der Waals surface area (Å²) in [6, 6.07) is 3.94. The third-order valence-electron chi connectivity index (χ3n) is 4.40. The fourth-order valence-corrected chi connectivity index (χ4v) is 2.96. The van der Waals surface area contributed by atoms with E-state index in [2.05, 4.69) is 30.7 Å². The first-order valence-corrected chi connectivity index (χ1v) is 9.22. The maximum atomic E-state index is 6.09. The molecule has 0 amide bonds. The molecular weight excluding hydrogens is 457 g/mol. The van der Waals surface area contributed by atoms with Gasteiger partial charge in [0.25, 0.3) is 0 Å². The first kappa shape index (κ1) is 21.4. The molecule has 2 aromatic heterocycles. The van der Waals surface area contributed by atoms with Gasteiger partial charge in [-0.2, -0.15) is 5.10 Å². The Morgan fingerprint density at radius 1 is 1.30 bits per heavy atom. The molecule has 3 rings (SSSR count). The van der Waals surface area contributed by atoms with Gasteiger partial charge in [0, 0.05) is 25.4 Å². The molecule has 0 bridgehead atoms. The van der Waals surface area contributed by atoms with E-state index in [0.29, 0.717) is 19.0 Å². The predicted octanol–water partition coefficient (Wildman–Crippen LogP) is 2.40. The van der Waals surface area contributed by atoms with Crippen molar-refractivity contribution < 1.29 is 4.74 Å². The van der Waals surface area contributed by atoms with Crippen LogP contribution in [-0.2, 0) is 20.1 Å². The zero-order valence-electron chi connectivity index (χ0n) is 15.9. The van der Waals surface area contributed by atoms with Crippen LogP contribution in [0.3, 0.4) is 0 Å². The molecule has 1 fully saturated rings.